The van der Waals surface area contributed by atoms with Crippen molar-refractivity contribution in [1.29, 1.82) is 0 Å². The SMILES string of the molecule is c1ccc(-c2cc(-c3cc(-c4ccccc4)nc(-c4cccc5c4sc4ccccc45)n3)cc(-c3cccc4c3sc3ccccc34)c2)cc1. The van der Waals surface area contributed by atoms with Crippen molar-refractivity contribution in [2.24, 2.45) is 0 Å². The van der Waals surface area contributed by atoms with E-state index in [1.54, 1.807) is 0 Å². The van der Waals surface area contributed by atoms with Gasteiger partial charge in [-0.05, 0) is 64.7 Å². The average Bonchev–Trinajstić information content (AvgIpc) is 3.77. The zero-order valence-corrected chi connectivity index (χ0v) is 28.5. The summed E-state index contributed by atoms with van der Waals surface area (Å²) in [6, 6.07) is 60.7. The van der Waals surface area contributed by atoms with Crippen LogP contribution < -0.4 is 0 Å². The van der Waals surface area contributed by atoms with Crippen molar-refractivity contribution in [3.05, 3.63) is 170 Å². The Labute approximate surface area is 297 Å². The van der Waals surface area contributed by atoms with Crippen LogP contribution in [0, 0.1) is 0 Å². The smallest absolute Gasteiger partial charge is 0.161 e. The molecule has 0 bridgehead atoms. The highest BCUT2D eigenvalue weighted by molar-refractivity contribution is 7.26. The number of thiophene rings is 2. The minimum Gasteiger partial charge on any atom is -0.228 e. The van der Waals surface area contributed by atoms with E-state index in [0.717, 1.165) is 39.5 Å². The summed E-state index contributed by atoms with van der Waals surface area (Å²) in [6.45, 7) is 0. The number of nitrogens with zero attached hydrogens (tertiary/aromatic N) is 2. The molecule has 0 radical (unpaired) electrons. The molecule has 0 saturated heterocycles. The van der Waals surface area contributed by atoms with Crippen LogP contribution in [0.2, 0.25) is 0 Å². The molecule has 0 N–H and O–H groups in total. The molecule has 4 heteroatoms. The molecule has 0 fully saturated rings. The van der Waals surface area contributed by atoms with Crippen molar-refractivity contribution in [2.45, 2.75) is 0 Å². The molecule has 0 unspecified atom stereocenters. The predicted octanol–water partition coefficient (Wildman–Crippen LogP) is 13.5. The van der Waals surface area contributed by atoms with Gasteiger partial charge in [-0.15, -0.1) is 22.7 Å². The molecule has 0 aliphatic rings. The lowest BCUT2D eigenvalue weighted by Gasteiger charge is -2.14. The van der Waals surface area contributed by atoms with Crippen molar-refractivity contribution < 1.29 is 0 Å². The molecule has 3 aromatic heterocycles. The second kappa shape index (κ2) is 11.9. The first-order valence-corrected chi connectivity index (χ1v) is 18.4. The summed E-state index contributed by atoms with van der Waals surface area (Å²) in [6.07, 6.45) is 0. The number of hydrogen-bond donors (Lipinski definition) is 0. The van der Waals surface area contributed by atoms with E-state index in [9.17, 15) is 0 Å². The summed E-state index contributed by atoms with van der Waals surface area (Å²) in [4.78, 5) is 10.6. The van der Waals surface area contributed by atoms with E-state index in [2.05, 4.69) is 170 Å². The molecule has 3 heterocycles. The molecular weight excluding hydrogens is 645 g/mol. The van der Waals surface area contributed by atoms with Crippen LogP contribution in [0.15, 0.2) is 170 Å². The molecule has 234 valence electrons. The zero-order valence-electron chi connectivity index (χ0n) is 26.9. The van der Waals surface area contributed by atoms with Crippen molar-refractivity contribution in [3.8, 4) is 56.2 Å². The van der Waals surface area contributed by atoms with Gasteiger partial charge in [0.15, 0.2) is 5.82 Å². The van der Waals surface area contributed by atoms with Gasteiger partial charge in [0.05, 0.1) is 11.4 Å². The molecule has 2 nitrogen and oxygen atoms in total. The number of rotatable bonds is 5. The van der Waals surface area contributed by atoms with Gasteiger partial charge < -0.3 is 0 Å². The Kier molecular flexibility index (Phi) is 6.90. The summed E-state index contributed by atoms with van der Waals surface area (Å²) >= 11 is 3.67. The Hall–Kier alpha value is -5.94. The van der Waals surface area contributed by atoms with Crippen LogP contribution in [0.1, 0.15) is 0 Å². The predicted molar refractivity (Wildman–Crippen MR) is 215 cm³/mol. The van der Waals surface area contributed by atoms with Gasteiger partial charge in [-0.2, -0.15) is 0 Å². The minimum absolute atomic E-state index is 0.733. The second-order valence-corrected chi connectivity index (χ2v) is 14.7. The Bertz CT molecular complexity index is 2670. The van der Waals surface area contributed by atoms with E-state index in [1.165, 1.54) is 57.0 Å². The van der Waals surface area contributed by atoms with E-state index in [4.69, 9.17) is 9.97 Å². The fourth-order valence-electron chi connectivity index (χ4n) is 7.10. The first-order valence-electron chi connectivity index (χ1n) is 16.7. The summed E-state index contributed by atoms with van der Waals surface area (Å²) in [7, 11) is 0. The number of fused-ring (bicyclic) bond motifs is 6. The van der Waals surface area contributed by atoms with E-state index < -0.39 is 0 Å². The Balaban J connectivity index is 1.23. The molecule has 10 aromatic rings. The number of aromatic nitrogens is 2. The maximum Gasteiger partial charge on any atom is 0.161 e. The maximum absolute atomic E-state index is 5.38. The molecule has 0 saturated carbocycles. The lowest BCUT2D eigenvalue weighted by molar-refractivity contribution is 1.19. The minimum atomic E-state index is 0.733. The van der Waals surface area contributed by atoms with Crippen LogP contribution in [0.3, 0.4) is 0 Å². The highest BCUT2D eigenvalue weighted by Gasteiger charge is 2.18. The van der Waals surface area contributed by atoms with Crippen molar-refractivity contribution in [3.63, 3.8) is 0 Å². The fraction of sp³-hybridized carbons (Fsp3) is 0. The van der Waals surface area contributed by atoms with Crippen LogP contribution in [0.4, 0.5) is 0 Å². The third-order valence-electron chi connectivity index (χ3n) is 9.49. The maximum atomic E-state index is 5.38. The average molecular weight is 673 g/mol. The summed E-state index contributed by atoms with van der Waals surface area (Å²) in [5.41, 5.74) is 9.71. The quantitative estimate of drug-likeness (QED) is 0.182. The summed E-state index contributed by atoms with van der Waals surface area (Å²) < 4.78 is 5.08. The zero-order chi connectivity index (χ0) is 33.0. The molecule has 0 atom stereocenters. The van der Waals surface area contributed by atoms with Gasteiger partial charge in [0.1, 0.15) is 0 Å². The summed E-state index contributed by atoms with van der Waals surface area (Å²) in [5.74, 6) is 0.733. The lowest BCUT2D eigenvalue weighted by atomic mass is 9.94. The standard InChI is InChI=1S/C46H28N2S2/c1-3-13-29(14-4-1)31-25-32(34-19-11-20-37-35-17-7-9-23-42(35)49-44(34)37)27-33(26-31)41-28-40(30-15-5-2-6-16-30)47-46(48-41)39-22-12-21-38-36-18-8-10-24-43(36)50-45(38)39/h1-28H. The Morgan fingerprint density at radius 3 is 1.46 bits per heavy atom. The topological polar surface area (TPSA) is 25.8 Å². The normalized spacial score (nSPS) is 11.6. The summed E-state index contributed by atoms with van der Waals surface area (Å²) in [5, 5.41) is 5.10. The first-order chi connectivity index (χ1) is 24.8. The molecule has 10 rings (SSSR count). The molecule has 0 aliphatic heterocycles. The third kappa shape index (κ3) is 4.92. The van der Waals surface area contributed by atoms with Gasteiger partial charge >= 0.3 is 0 Å². The highest BCUT2D eigenvalue weighted by Crippen LogP contribution is 2.43. The van der Waals surface area contributed by atoms with Gasteiger partial charge in [-0.3, -0.25) is 0 Å². The van der Waals surface area contributed by atoms with Crippen LogP contribution >= 0.6 is 22.7 Å². The van der Waals surface area contributed by atoms with Crippen LogP contribution in [0.25, 0.3) is 96.5 Å². The third-order valence-corrected chi connectivity index (χ3v) is 11.9. The fourth-order valence-corrected chi connectivity index (χ4v) is 9.55. The van der Waals surface area contributed by atoms with E-state index in [1.807, 2.05) is 22.7 Å². The van der Waals surface area contributed by atoms with E-state index in [-0.39, 0.29) is 0 Å². The van der Waals surface area contributed by atoms with Crippen molar-refractivity contribution in [2.75, 3.05) is 0 Å². The van der Waals surface area contributed by atoms with E-state index >= 15 is 0 Å². The van der Waals surface area contributed by atoms with Crippen LogP contribution in [-0.4, -0.2) is 9.97 Å². The monoisotopic (exact) mass is 672 g/mol. The van der Waals surface area contributed by atoms with Gasteiger partial charge in [0.2, 0.25) is 0 Å². The molecular formula is C46H28N2S2. The van der Waals surface area contributed by atoms with Crippen molar-refractivity contribution >= 4 is 63.0 Å². The van der Waals surface area contributed by atoms with Crippen LogP contribution in [0.5, 0.6) is 0 Å². The van der Waals surface area contributed by atoms with Gasteiger partial charge in [0.25, 0.3) is 0 Å². The molecule has 50 heavy (non-hydrogen) atoms. The second-order valence-electron chi connectivity index (χ2n) is 12.6. The van der Waals surface area contributed by atoms with E-state index in [0.29, 0.717) is 0 Å². The first kappa shape index (κ1) is 29.0. The van der Waals surface area contributed by atoms with Gasteiger partial charge in [0, 0.05) is 57.0 Å². The molecule has 7 aromatic carbocycles. The highest BCUT2D eigenvalue weighted by atomic mass is 32.1. The lowest BCUT2D eigenvalue weighted by Crippen LogP contribution is -1.97. The van der Waals surface area contributed by atoms with Gasteiger partial charge in [-0.25, -0.2) is 9.97 Å². The molecule has 0 amide bonds. The number of hydrogen-bond acceptors (Lipinski definition) is 4. The molecule has 0 spiro atoms. The largest absolute Gasteiger partial charge is 0.228 e. The number of benzene rings is 7. The van der Waals surface area contributed by atoms with Crippen LogP contribution in [-0.2, 0) is 0 Å². The van der Waals surface area contributed by atoms with Crippen molar-refractivity contribution in [1.82, 2.24) is 9.97 Å². The van der Waals surface area contributed by atoms with Gasteiger partial charge in [-0.1, -0.05) is 127 Å². The molecule has 0 aliphatic carbocycles. The Morgan fingerprint density at radius 1 is 0.320 bits per heavy atom. The Morgan fingerprint density at radius 2 is 0.800 bits per heavy atom.